The molecule has 0 atom stereocenters. The molecule has 1 aromatic heterocycles. The lowest BCUT2D eigenvalue weighted by atomic mass is 9.69. The van der Waals surface area contributed by atoms with E-state index in [-0.39, 0.29) is 33.2 Å². The quantitative estimate of drug-likeness (QED) is 0.102. The minimum atomic E-state index is -0.372. The topological polar surface area (TPSA) is 52.9 Å². The number of hydrogen-bond acceptors (Lipinski definition) is 5. The second kappa shape index (κ2) is 20.8. The number of ether oxygens (including phenoxy) is 3. The van der Waals surface area contributed by atoms with Gasteiger partial charge in [-0.15, -0.1) is 0 Å². The molecule has 0 spiro atoms. The lowest BCUT2D eigenvalue weighted by Gasteiger charge is -2.51. The first-order valence-electron chi connectivity index (χ1n) is 30.3. The van der Waals surface area contributed by atoms with Gasteiger partial charge in [-0.25, -0.2) is 0 Å². The third-order valence-electron chi connectivity index (χ3n) is 19.1. The Morgan fingerprint density at radius 1 is 0.453 bits per heavy atom. The highest BCUT2D eigenvalue weighted by Gasteiger charge is 2.53. The van der Waals surface area contributed by atoms with Crippen LogP contribution in [0.15, 0.2) is 218 Å². The molecule has 10 aromatic carbocycles. The van der Waals surface area contributed by atoms with E-state index >= 15 is 0 Å². The minimum Gasteiger partial charge on any atom is -0.497 e. The third-order valence-corrected chi connectivity index (χ3v) is 19.1. The number of aryl methyl sites for hydroxylation is 3. The molecule has 0 N–H and O–H groups in total. The van der Waals surface area contributed by atoms with Gasteiger partial charge in [0, 0.05) is 62.4 Å². The zero-order chi connectivity index (χ0) is 60.1. The van der Waals surface area contributed by atoms with Gasteiger partial charge in [0.15, 0.2) is 5.78 Å². The molecular weight excluding hydrogens is 1050 g/mol. The van der Waals surface area contributed by atoms with Crippen molar-refractivity contribution in [2.45, 2.75) is 116 Å². The molecule has 2 aliphatic rings. The van der Waals surface area contributed by atoms with Crippen molar-refractivity contribution >= 4 is 44.7 Å². The van der Waals surface area contributed by atoms with Crippen LogP contribution in [0.2, 0.25) is 0 Å². The van der Waals surface area contributed by atoms with Gasteiger partial charge in [-0.05, 0) is 205 Å². The second-order valence-electron chi connectivity index (χ2n) is 26.4. The number of methoxy groups -OCH3 is 1. The fourth-order valence-electron chi connectivity index (χ4n) is 14.8. The Labute approximate surface area is 507 Å². The molecule has 2 heterocycles. The molecule has 1 saturated carbocycles. The van der Waals surface area contributed by atoms with Crippen molar-refractivity contribution in [1.82, 2.24) is 4.57 Å². The van der Waals surface area contributed by atoms with E-state index in [1.807, 2.05) is 24.3 Å². The van der Waals surface area contributed by atoms with Crippen LogP contribution in [-0.4, -0.2) is 28.7 Å². The number of ketones is 1. The van der Waals surface area contributed by atoms with Gasteiger partial charge in [0.2, 0.25) is 0 Å². The summed E-state index contributed by atoms with van der Waals surface area (Å²) >= 11 is 0. The Kier molecular flexibility index (Phi) is 13.6. The van der Waals surface area contributed by atoms with E-state index in [1.165, 1.54) is 44.5 Å². The van der Waals surface area contributed by atoms with E-state index < -0.39 is 0 Å². The van der Waals surface area contributed by atoms with E-state index in [9.17, 15) is 4.79 Å². The SMILES string of the molecule is COc1ccc(C(C)(C)c2ccc3c4ccc(-c5ccc(OC6(C)CC(C)(Oc7ccc(C(C)(C)c8ccccc8)c(C)c7)C6)cc5C)cc4n(-c4ccc(C(=O)c5ccc(N6c7ccccc7C(C)(C)c7ccccc76)cc5)cc4)c3c2)c(C)c1. The normalized spacial score (nSPS) is 17.2. The highest BCUT2D eigenvalue weighted by molar-refractivity contribution is 6.11. The number of nitrogens with zero attached hydrogens (tertiary/aromatic N) is 2. The van der Waals surface area contributed by atoms with Crippen LogP contribution in [0.4, 0.5) is 17.1 Å². The largest absolute Gasteiger partial charge is 0.497 e. The number of carbonyl (C=O) groups excluding carboxylic acids is 1. The van der Waals surface area contributed by atoms with E-state index in [4.69, 9.17) is 14.2 Å². The first-order chi connectivity index (χ1) is 41.1. The predicted molar refractivity (Wildman–Crippen MR) is 355 cm³/mol. The number of hydrogen-bond donors (Lipinski definition) is 0. The smallest absolute Gasteiger partial charge is 0.193 e. The van der Waals surface area contributed by atoms with Gasteiger partial charge in [0.25, 0.3) is 0 Å². The van der Waals surface area contributed by atoms with Gasteiger partial charge in [-0.1, -0.05) is 151 Å². The monoisotopic (exact) mass is 1130 g/mol. The number of carbonyl (C=O) groups is 1. The van der Waals surface area contributed by atoms with Crippen molar-refractivity contribution in [2.24, 2.45) is 0 Å². The Balaban J connectivity index is 0.792. The second-order valence-corrected chi connectivity index (χ2v) is 26.4. The summed E-state index contributed by atoms with van der Waals surface area (Å²) in [6, 6.07) is 77.4. The summed E-state index contributed by atoms with van der Waals surface area (Å²) in [7, 11) is 1.72. The lowest BCUT2D eigenvalue weighted by molar-refractivity contribution is -0.131. The van der Waals surface area contributed by atoms with E-state index in [0.29, 0.717) is 11.1 Å². The molecular formula is C80H76N2O4. The molecule has 0 radical (unpaired) electrons. The van der Waals surface area contributed by atoms with Crippen molar-refractivity contribution in [3.8, 4) is 34.1 Å². The third kappa shape index (κ3) is 9.64. The fraction of sp³-hybridized carbons (Fsp3) is 0.237. The summed E-state index contributed by atoms with van der Waals surface area (Å²) in [5.74, 6) is 2.57. The number of para-hydroxylation sites is 2. The summed E-state index contributed by atoms with van der Waals surface area (Å²) in [5.41, 5.74) is 19.8. The zero-order valence-electron chi connectivity index (χ0n) is 51.7. The maximum atomic E-state index is 14.5. The molecule has 1 aliphatic heterocycles. The summed E-state index contributed by atoms with van der Waals surface area (Å²) in [5, 5.41) is 2.31. The van der Waals surface area contributed by atoms with Gasteiger partial charge >= 0.3 is 0 Å². The molecule has 11 aromatic rings. The molecule has 13 rings (SSSR count). The van der Waals surface area contributed by atoms with Crippen LogP contribution in [-0.2, 0) is 16.2 Å². The van der Waals surface area contributed by atoms with Crippen LogP contribution in [0.3, 0.4) is 0 Å². The van der Waals surface area contributed by atoms with Crippen LogP contribution < -0.4 is 19.1 Å². The Morgan fingerprint density at radius 2 is 0.930 bits per heavy atom. The van der Waals surface area contributed by atoms with Crippen LogP contribution in [0, 0.1) is 20.8 Å². The molecule has 6 heteroatoms. The van der Waals surface area contributed by atoms with Crippen LogP contribution >= 0.6 is 0 Å². The van der Waals surface area contributed by atoms with Crippen LogP contribution in [0.25, 0.3) is 38.6 Å². The molecule has 86 heavy (non-hydrogen) atoms. The molecule has 6 nitrogen and oxygen atoms in total. The predicted octanol–water partition coefficient (Wildman–Crippen LogP) is 20.1. The maximum absolute atomic E-state index is 14.5. The van der Waals surface area contributed by atoms with Gasteiger partial charge in [-0.2, -0.15) is 0 Å². The number of rotatable bonds is 14. The first-order valence-corrected chi connectivity index (χ1v) is 30.3. The Hall–Kier alpha value is -9.13. The average molecular weight is 1130 g/mol. The van der Waals surface area contributed by atoms with Gasteiger partial charge in [0.05, 0.1) is 29.5 Å². The fourth-order valence-corrected chi connectivity index (χ4v) is 14.8. The lowest BCUT2D eigenvalue weighted by Crippen LogP contribution is -2.59. The average Bonchev–Trinajstić information content (AvgIpc) is 1.38. The van der Waals surface area contributed by atoms with Gasteiger partial charge in [-0.3, -0.25) is 4.79 Å². The zero-order valence-corrected chi connectivity index (χ0v) is 51.7. The van der Waals surface area contributed by atoms with Gasteiger partial charge in [0.1, 0.15) is 28.5 Å². The van der Waals surface area contributed by atoms with Crippen LogP contribution in [0.1, 0.15) is 134 Å². The molecule has 1 fully saturated rings. The number of fused-ring (bicyclic) bond motifs is 5. The maximum Gasteiger partial charge on any atom is 0.193 e. The molecule has 0 amide bonds. The van der Waals surface area contributed by atoms with Crippen molar-refractivity contribution in [1.29, 1.82) is 0 Å². The highest BCUT2D eigenvalue weighted by Crippen LogP contribution is 2.52. The first kappa shape index (κ1) is 56.0. The molecule has 0 bridgehead atoms. The summed E-state index contributed by atoms with van der Waals surface area (Å²) in [6.07, 6.45) is 1.53. The van der Waals surface area contributed by atoms with E-state index in [2.05, 4.69) is 280 Å². The number of aromatic nitrogens is 1. The van der Waals surface area contributed by atoms with Crippen molar-refractivity contribution in [3.05, 3.63) is 280 Å². The Bertz CT molecular complexity index is 4390. The number of anilines is 3. The molecule has 1 aliphatic carbocycles. The molecule has 0 saturated heterocycles. The molecule has 0 unspecified atom stereocenters. The molecule has 430 valence electrons. The van der Waals surface area contributed by atoms with Gasteiger partial charge < -0.3 is 23.7 Å². The van der Waals surface area contributed by atoms with Crippen molar-refractivity contribution in [2.75, 3.05) is 12.0 Å². The standard InChI is InChI=1S/C80H76N2O4/c1-51-44-62(85-79(10)49-80(11,50-79)86-63-38-43-67(53(3)46-63)76(4,5)57-20-14-13-15-21-57)36-41-64(51)56-30-39-65-66-40-31-58(77(6,7)68-42-37-61(84-12)45-52(68)2)48-74(66)82(73(65)47-56)60-34-28-55(29-35-60)75(83)54-26-32-59(33-27-54)81-71-24-18-16-22-69(71)78(8,9)70-23-17-19-25-72(70)81/h13-48H,49-50H2,1-12H3. The highest BCUT2D eigenvalue weighted by atomic mass is 16.5. The van der Waals surface area contributed by atoms with E-state index in [1.54, 1.807) is 7.11 Å². The minimum absolute atomic E-state index is 0.0245. The van der Waals surface area contributed by atoms with E-state index in [0.717, 1.165) is 91.3 Å². The summed E-state index contributed by atoms with van der Waals surface area (Å²) < 4.78 is 21.6. The number of benzene rings is 10. The van der Waals surface area contributed by atoms with Crippen molar-refractivity contribution in [3.63, 3.8) is 0 Å². The van der Waals surface area contributed by atoms with Crippen molar-refractivity contribution < 1.29 is 19.0 Å². The summed E-state index contributed by atoms with van der Waals surface area (Å²) in [6.45, 7) is 24.7. The summed E-state index contributed by atoms with van der Waals surface area (Å²) in [4.78, 5) is 16.8. The van der Waals surface area contributed by atoms with Crippen LogP contribution in [0.5, 0.6) is 17.2 Å². The Morgan fingerprint density at radius 3 is 1.49 bits per heavy atom.